The van der Waals surface area contributed by atoms with Crippen molar-refractivity contribution >= 4 is 203 Å². The molecule has 0 aliphatic rings. The van der Waals surface area contributed by atoms with E-state index in [9.17, 15) is 0 Å². The number of benzene rings is 18. The molecule has 3 N–H and O–H groups in total. The fourth-order valence-corrected chi connectivity index (χ4v) is 18.0. The third kappa shape index (κ3) is 14.3. The fraction of sp³-hybridized carbons (Fsp3) is 0. The molecule has 116 heavy (non-hydrogen) atoms. The van der Waals surface area contributed by atoms with Crippen LogP contribution in [0.5, 0.6) is 0 Å². The van der Waals surface area contributed by atoms with E-state index < -0.39 is 0 Å². The van der Waals surface area contributed by atoms with Crippen LogP contribution in [0.4, 0.5) is 85.3 Å². The summed E-state index contributed by atoms with van der Waals surface area (Å²) >= 11 is 3.69. The Hall–Kier alpha value is -14.9. The van der Waals surface area contributed by atoms with E-state index in [1.165, 1.54) is 62.2 Å². The Labute approximate surface area is 679 Å². The Morgan fingerprint density at radius 3 is 1.17 bits per heavy atom. The Bertz CT molecular complexity index is 7290. The first-order chi connectivity index (χ1) is 57.4. The number of rotatable bonds is 16. The van der Waals surface area contributed by atoms with E-state index in [1.807, 2.05) is 71.2 Å². The average molecular weight is 1530 g/mol. The summed E-state index contributed by atoms with van der Waals surface area (Å²) in [6, 6.07) is 151. The van der Waals surface area contributed by atoms with Crippen LogP contribution in [0.2, 0.25) is 0 Å². The smallest absolute Gasteiger partial charge is 0.137 e. The van der Waals surface area contributed by atoms with E-state index in [0.29, 0.717) is 0 Å². The van der Waals surface area contributed by atoms with Gasteiger partial charge in [-0.2, -0.15) is 0 Å². The zero-order valence-corrected chi connectivity index (χ0v) is 64.6. The minimum atomic E-state index is 0.868. The molecule has 552 valence electrons. The van der Waals surface area contributed by atoms with E-state index in [1.54, 1.807) is 0 Å². The van der Waals surface area contributed by atoms with E-state index in [0.717, 1.165) is 129 Å². The molecule has 18 aromatic carbocycles. The number of para-hydroxylation sites is 5. The molecule has 22 aromatic rings. The summed E-state index contributed by atoms with van der Waals surface area (Å²) in [5.41, 5.74) is 22.1. The van der Waals surface area contributed by atoms with Gasteiger partial charge in [-0.25, -0.2) is 0 Å². The van der Waals surface area contributed by atoms with Crippen LogP contribution in [-0.2, 0) is 0 Å². The molecule has 0 amide bonds. The van der Waals surface area contributed by atoms with Crippen LogP contribution in [0.25, 0.3) is 106 Å². The Morgan fingerprint density at radius 2 is 0.569 bits per heavy atom. The number of nitrogens with one attached hydrogen (secondary N) is 3. The van der Waals surface area contributed by atoms with Crippen molar-refractivity contribution in [2.75, 3.05) is 30.7 Å². The van der Waals surface area contributed by atoms with Gasteiger partial charge in [-0.15, -0.1) is 22.7 Å². The number of hydrogen-bond donors (Lipinski definition) is 3. The summed E-state index contributed by atoms with van der Waals surface area (Å²) in [4.78, 5) is 6.90. The minimum absolute atomic E-state index is 0.868. The first-order valence-electron chi connectivity index (χ1n) is 38.9. The maximum atomic E-state index is 6.23. The number of fused-ring (bicyclic) bond motifs is 13. The molecule has 0 aliphatic heterocycles. The summed E-state index contributed by atoms with van der Waals surface area (Å²) in [7, 11) is 0. The number of hydrogen-bond acceptors (Lipinski definition) is 10. The highest BCUT2D eigenvalue weighted by atomic mass is 32.1. The first-order valence-corrected chi connectivity index (χ1v) is 40.5. The molecule has 0 saturated carbocycles. The highest BCUT2D eigenvalue weighted by molar-refractivity contribution is 7.26. The quantitative estimate of drug-likeness (QED) is 0.0884. The summed E-state index contributed by atoms with van der Waals surface area (Å²) in [5.74, 6) is 0. The van der Waals surface area contributed by atoms with E-state index in [-0.39, 0.29) is 0 Å². The van der Waals surface area contributed by atoms with Gasteiger partial charge in [0, 0.05) is 149 Å². The molecule has 0 unspecified atom stereocenters. The molecule has 0 saturated heterocycles. The maximum Gasteiger partial charge on any atom is 0.137 e. The lowest BCUT2D eigenvalue weighted by Crippen LogP contribution is -2.10. The second-order valence-electron chi connectivity index (χ2n) is 28.7. The standard InChI is InChI=1S/C36H24N2O2.C36H26N2S.C34H24N2S/c1-2-10-26(11-3-1)38(28-18-20-32-30-14-5-7-16-34(30)40-36(32)23-28)27-12-8-9-24(21-27)37-25-17-19-31-29-13-4-6-15-33(29)39-35(31)22-25;1-3-10-26(11-4-1)27-18-20-28(21-19-27)37-29-12-9-15-31(24-29)38(30-13-5-2-6-14-30)32-22-23-36-34(25-32)33-16-7-8-17-35(33)39-36;1-2-13-27(14-3-1)36(29-21-20-24-10-4-5-11-25(24)22-29)28-15-8-12-26(23-28)35-32-18-9-17-31-30-16-6-7-19-33(30)37-34(31)32/h1-23,37H;1-25,37H;1-23,35H. The molecule has 4 aromatic heterocycles. The third-order valence-electron chi connectivity index (χ3n) is 21.2. The lowest BCUT2D eigenvalue weighted by atomic mass is 10.1. The molecule has 8 nitrogen and oxygen atoms in total. The normalized spacial score (nSPS) is 11.3. The lowest BCUT2D eigenvalue weighted by molar-refractivity contribution is 0.668. The van der Waals surface area contributed by atoms with Crippen LogP contribution in [-0.4, -0.2) is 0 Å². The van der Waals surface area contributed by atoms with Gasteiger partial charge in [-0.05, 0) is 210 Å². The lowest BCUT2D eigenvalue weighted by Gasteiger charge is -2.26. The van der Waals surface area contributed by atoms with Crippen LogP contribution in [0.3, 0.4) is 0 Å². The van der Waals surface area contributed by atoms with Gasteiger partial charge in [-0.3, -0.25) is 0 Å². The second-order valence-corrected chi connectivity index (χ2v) is 30.8. The molecule has 0 fully saturated rings. The molecule has 0 radical (unpaired) electrons. The van der Waals surface area contributed by atoms with Gasteiger partial charge in [-0.1, -0.05) is 231 Å². The Balaban J connectivity index is 0.000000112. The average Bonchev–Trinajstić information content (AvgIpc) is 1.47. The van der Waals surface area contributed by atoms with Crippen molar-refractivity contribution < 1.29 is 8.83 Å². The van der Waals surface area contributed by atoms with Crippen molar-refractivity contribution in [1.82, 2.24) is 0 Å². The molecular formula is C106H74N6O2S2. The molecule has 0 bridgehead atoms. The van der Waals surface area contributed by atoms with E-state index in [4.69, 9.17) is 8.83 Å². The van der Waals surface area contributed by atoms with E-state index in [2.05, 4.69) is 413 Å². The Morgan fingerprint density at radius 1 is 0.190 bits per heavy atom. The summed E-state index contributed by atoms with van der Waals surface area (Å²) in [6.07, 6.45) is 0. The van der Waals surface area contributed by atoms with Crippen molar-refractivity contribution in [3.63, 3.8) is 0 Å². The molecular weight excluding hydrogens is 1450 g/mol. The molecule has 4 heterocycles. The zero-order valence-electron chi connectivity index (χ0n) is 63.0. The topological polar surface area (TPSA) is 72.1 Å². The van der Waals surface area contributed by atoms with Crippen LogP contribution in [0.1, 0.15) is 0 Å². The van der Waals surface area contributed by atoms with Crippen molar-refractivity contribution in [2.24, 2.45) is 0 Å². The predicted molar refractivity (Wildman–Crippen MR) is 496 cm³/mol. The molecule has 0 spiro atoms. The van der Waals surface area contributed by atoms with Gasteiger partial charge < -0.3 is 39.5 Å². The zero-order chi connectivity index (χ0) is 77.1. The molecule has 0 atom stereocenters. The van der Waals surface area contributed by atoms with Crippen molar-refractivity contribution in [3.8, 4) is 11.1 Å². The van der Waals surface area contributed by atoms with Gasteiger partial charge in [0.2, 0.25) is 0 Å². The van der Waals surface area contributed by atoms with Crippen molar-refractivity contribution in [2.45, 2.75) is 0 Å². The van der Waals surface area contributed by atoms with E-state index >= 15 is 0 Å². The highest BCUT2D eigenvalue weighted by Crippen LogP contribution is 2.46. The number of nitrogens with zero attached hydrogens (tertiary/aromatic N) is 3. The first kappa shape index (κ1) is 70.2. The minimum Gasteiger partial charge on any atom is -0.456 e. The maximum absolute atomic E-state index is 6.23. The van der Waals surface area contributed by atoms with Gasteiger partial charge in [0.1, 0.15) is 22.3 Å². The molecule has 22 rings (SSSR count). The van der Waals surface area contributed by atoms with Crippen LogP contribution >= 0.6 is 22.7 Å². The van der Waals surface area contributed by atoms with Gasteiger partial charge in [0.05, 0.1) is 10.4 Å². The van der Waals surface area contributed by atoms with Crippen molar-refractivity contribution in [1.29, 1.82) is 0 Å². The number of anilines is 15. The highest BCUT2D eigenvalue weighted by Gasteiger charge is 2.21. The monoisotopic (exact) mass is 1530 g/mol. The largest absolute Gasteiger partial charge is 0.456 e. The predicted octanol–water partition coefficient (Wildman–Crippen LogP) is 32.1. The SMILES string of the molecule is c1ccc(-c2ccc(Nc3cccc(N(c4ccccc4)c4ccc5sc6ccccc6c5c4)c3)cc2)cc1.c1ccc(N(c2cccc(Nc3ccc4c(c3)oc3ccccc34)c2)c2ccc3c(c2)oc2ccccc23)cc1.c1ccc(N(c2cccc(Nc3cccc4c3sc3ccccc34)c2)c2ccc3ccccc3c2)cc1. The summed E-state index contributed by atoms with van der Waals surface area (Å²) in [6.45, 7) is 0. The summed E-state index contributed by atoms with van der Waals surface area (Å²) in [5, 5.41) is 23.1. The van der Waals surface area contributed by atoms with Crippen LogP contribution < -0.4 is 30.7 Å². The molecule has 0 aliphatic carbocycles. The summed E-state index contributed by atoms with van der Waals surface area (Å²) < 4.78 is 17.6. The third-order valence-corrected chi connectivity index (χ3v) is 23.6. The van der Waals surface area contributed by atoms with Crippen molar-refractivity contribution in [3.05, 3.63) is 431 Å². The van der Waals surface area contributed by atoms with Gasteiger partial charge >= 0.3 is 0 Å². The number of furan rings is 2. The van der Waals surface area contributed by atoms with Crippen LogP contribution in [0, 0.1) is 0 Å². The molecule has 10 heteroatoms. The fourth-order valence-electron chi connectivity index (χ4n) is 15.8. The van der Waals surface area contributed by atoms with Gasteiger partial charge in [0.25, 0.3) is 0 Å². The number of thiophene rings is 2. The van der Waals surface area contributed by atoms with Gasteiger partial charge in [0.15, 0.2) is 0 Å². The van der Waals surface area contributed by atoms with Crippen LogP contribution in [0.15, 0.2) is 440 Å². The second kappa shape index (κ2) is 31.3. The Kier molecular flexibility index (Phi) is 19.0.